The van der Waals surface area contributed by atoms with E-state index in [1.807, 2.05) is 36.7 Å². The molecule has 168 valence electrons. The Hall–Kier alpha value is -2.80. The maximum atomic E-state index is 13.3. The first-order valence-corrected chi connectivity index (χ1v) is 11.8. The van der Waals surface area contributed by atoms with Gasteiger partial charge in [-0.1, -0.05) is 57.7 Å². The number of rotatable bonds is 7. The average Bonchev–Trinajstić information content (AvgIpc) is 3.45. The standard InChI is InChI=1S/C25H30N4O2S/c1-16(2)23-26-27-24(29(23)15-18-10-9-13-31-18)32-17(3)21(30)14-22-25(4,5)19-11-7-8-12-20(19)28(22)6/h7-14,16-17H,15H2,1-6H3. The lowest BCUT2D eigenvalue weighted by Gasteiger charge is -2.24. The van der Waals surface area contributed by atoms with E-state index in [0.29, 0.717) is 6.54 Å². The van der Waals surface area contributed by atoms with Crippen LogP contribution in [0.4, 0.5) is 5.69 Å². The molecular weight excluding hydrogens is 420 g/mol. The van der Waals surface area contributed by atoms with Crippen molar-refractivity contribution in [3.05, 3.63) is 71.6 Å². The molecule has 1 aliphatic rings. The van der Waals surface area contributed by atoms with Crippen LogP contribution in [-0.4, -0.2) is 32.8 Å². The summed E-state index contributed by atoms with van der Waals surface area (Å²) < 4.78 is 7.58. The van der Waals surface area contributed by atoms with Crippen molar-refractivity contribution in [1.29, 1.82) is 0 Å². The SMILES string of the molecule is CC(Sc1nnc(C(C)C)n1Cc1ccco1)C(=O)C=C1N(C)c2ccccc2C1(C)C. The van der Waals surface area contributed by atoms with Gasteiger partial charge in [-0.05, 0) is 30.7 Å². The van der Waals surface area contributed by atoms with Crippen molar-refractivity contribution in [2.24, 2.45) is 0 Å². The molecule has 0 spiro atoms. The molecule has 0 fully saturated rings. The Morgan fingerprint density at radius 3 is 2.56 bits per heavy atom. The van der Waals surface area contributed by atoms with Gasteiger partial charge in [0.25, 0.3) is 0 Å². The summed E-state index contributed by atoms with van der Waals surface area (Å²) in [4.78, 5) is 15.4. The van der Waals surface area contributed by atoms with Gasteiger partial charge in [0.1, 0.15) is 11.6 Å². The van der Waals surface area contributed by atoms with E-state index in [1.54, 1.807) is 12.3 Å². The minimum absolute atomic E-state index is 0.0661. The Morgan fingerprint density at radius 1 is 1.16 bits per heavy atom. The first-order valence-electron chi connectivity index (χ1n) is 10.9. The molecule has 1 atom stereocenters. The highest BCUT2D eigenvalue weighted by atomic mass is 32.2. The number of carbonyl (C=O) groups is 1. The van der Waals surface area contributed by atoms with Crippen LogP contribution in [0.15, 0.2) is 64.0 Å². The van der Waals surface area contributed by atoms with E-state index >= 15 is 0 Å². The summed E-state index contributed by atoms with van der Waals surface area (Å²) in [5.74, 6) is 2.00. The van der Waals surface area contributed by atoms with Crippen molar-refractivity contribution in [3.8, 4) is 0 Å². The average molecular weight is 451 g/mol. The lowest BCUT2D eigenvalue weighted by molar-refractivity contribution is -0.114. The number of carbonyl (C=O) groups excluding carboxylic acids is 1. The fourth-order valence-corrected chi connectivity index (χ4v) is 5.12. The maximum absolute atomic E-state index is 13.3. The maximum Gasteiger partial charge on any atom is 0.192 e. The van der Waals surface area contributed by atoms with Gasteiger partial charge < -0.3 is 9.32 Å². The Morgan fingerprint density at radius 2 is 1.91 bits per heavy atom. The van der Waals surface area contributed by atoms with E-state index < -0.39 is 0 Å². The zero-order valence-electron chi connectivity index (χ0n) is 19.5. The minimum atomic E-state index is -0.296. The van der Waals surface area contributed by atoms with Gasteiger partial charge in [0.2, 0.25) is 0 Å². The Kier molecular flexibility index (Phi) is 6.03. The molecule has 32 heavy (non-hydrogen) atoms. The van der Waals surface area contributed by atoms with E-state index in [2.05, 4.69) is 61.0 Å². The summed E-state index contributed by atoms with van der Waals surface area (Å²) in [6, 6.07) is 12.1. The highest BCUT2D eigenvalue weighted by Crippen LogP contribution is 2.46. The summed E-state index contributed by atoms with van der Waals surface area (Å²) in [7, 11) is 2.03. The molecule has 1 aromatic carbocycles. The second-order valence-electron chi connectivity index (χ2n) is 9.05. The quantitative estimate of drug-likeness (QED) is 0.355. The minimum Gasteiger partial charge on any atom is -0.467 e. The van der Waals surface area contributed by atoms with E-state index in [9.17, 15) is 4.79 Å². The number of furan rings is 1. The van der Waals surface area contributed by atoms with Crippen LogP contribution in [0.3, 0.4) is 0 Å². The molecule has 1 aliphatic heterocycles. The molecule has 0 saturated heterocycles. The monoisotopic (exact) mass is 450 g/mol. The third-order valence-corrected chi connectivity index (χ3v) is 7.16. The first kappa shape index (κ1) is 22.4. The van der Waals surface area contributed by atoms with Crippen molar-refractivity contribution < 1.29 is 9.21 Å². The van der Waals surface area contributed by atoms with Crippen molar-refractivity contribution in [1.82, 2.24) is 14.8 Å². The fourth-order valence-electron chi connectivity index (χ4n) is 4.25. The van der Waals surface area contributed by atoms with Crippen molar-refractivity contribution >= 4 is 23.2 Å². The molecule has 0 amide bonds. The highest BCUT2D eigenvalue weighted by molar-refractivity contribution is 8.00. The molecule has 6 nitrogen and oxygen atoms in total. The molecule has 0 saturated carbocycles. The number of para-hydroxylation sites is 1. The largest absolute Gasteiger partial charge is 0.467 e. The zero-order chi connectivity index (χ0) is 23.0. The fraction of sp³-hybridized carbons (Fsp3) is 0.400. The van der Waals surface area contributed by atoms with Crippen molar-refractivity contribution in [2.75, 3.05) is 11.9 Å². The van der Waals surface area contributed by atoms with E-state index in [0.717, 1.165) is 28.1 Å². The summed E-state index contributed by atoms with van der Waals surface area (Å²) in [5.41, 5.74) is 3.17. The van der Waals surface area contributed by atoms with Crippen LogP contribution in [0.25, 0.3) is 0 Å². The van der Waals surface area contributed by atoms with Gasteiger partial charge in [0.05, 0.1) is 18.1 Å². The lowest BCUT2D eigenvalue weighted by Crippen LogP contribution is -2.25. The lowest BCUT2D eigenvalue weighted by atomic mass is 9.83. The van der Waals surface area contributed by atoms with Crippen molar-refractivity contribution in [2.45, 2.75) is 62.9 Å². The molecule has 0 aliphatic carbocycles. The Balaban J connectivity index is 1.57. The summed E-state index contributed by atoms with van der Waals surface area (Å²) >= 11 is 1.44. The number of ketones is 1. The number of thioether (sulfide) groups is 1. The van der Waals surface area contributed by atoms with Crippen LogP contribution in [0, 0.1) is 0 Å². The molecule has 1 unspecified atom stereocenters. The van der Waals surface area contributed by atoms with Gasteiger partial charge >= 0.3 is 0 Å². The van der Waals surface area contributed by atoms with Gasteiger partial charge in [0.15, 0.2) is 10.9 Å². The van der Waals surface area contributed by atoms with Gasteiger partial charge in [-0.15, -0.1) is 10.2 Å². The predicted octanol–water partition coefficient (Wildman–Crippen LogP) is 5.40. The Bertz CT molecular complexity index is 1140. The number of likely N-dealkylation sites (N-methyl/N-ethyl adjacent to an activating group) is 1. The third kappa shape index (κ3) is 4.01. The number of fused-ring (bicyclic) bond motifs is 1. The number of hydrogen-bond acceptors (Lipinski definition) is 6. The summed E-state index contributed by atoms with van der Waals surface area (Å²) in [6.07, 6.45) is 3.46. The summed E-state index contributed by atoms with van der Waals surface area (Å²) in [6.45, 7) is 11.0. The zero-order valence-corrected chi connectivity index (χ0v) is 20.3. The first-order chi connectivity index (χ1) is 15.2. The molecule has 0 radical (unpaired) electrons. The Labute approximate surface area is 193 Å². The molecule has 3 aromatic rings. The number of aromatic nitrogens is 3. The number of anilines is 1. The van der Waals surface area contributed by atoms with Crippen LogP contribution in [0.2, 0.25) is 0 Å². The molecule has 0 bridgehead atoms. The molecule has 2 aromatic heterocycles. The molecule has 0 N–H and O–H groups in total. The number of hydrogen-bond donors (Lipinski definition) is 0. The second-order valence-corrected chi connectivity index (χ2v) is 10.4. The van der Waals surface area contributed by atoms with Crippen molar-refractivity contribution in [3.63, 3.8) is 0 Å². The highest BCUT2D eigenvalue weighted by Gasteiger charge is 2.39. The van der Waals surface area contributed by atoms with Gasteiger partial charge in [-0.3, -0.25) is 9.36 Å². The van der Waals surface area contributed by atoms with E-state index in [1.165, 1.54) is 17.3 Å². The number of nitrogens with zero attached hydrogens (tertiary/aromatic N) is 4. The molecular formula is C25H30N4O2S. The van der Waals surface area contributed by atoms with E-state index in [4.69, 9.17) is 4.42 Å². The predicted molar refractivity (Wildman–Crippen MR) is 128 cm³/mol. The van der Waals surface area contributed by atoms with Gasteiger partial charge in [-0.25, -0.2) is 0 Å². The topological polar surface area (TPSA) is 64.2 Å². The van der Waals surface area contributed by atoms with Crippen LogP contribution < -0.4 is 4.90 Å². The smallest absolute Gasteiger partial charge is 0.192 e. The molecule has 3 heterocycles. The second kappa shape index (κ2) is 8.62. The molecule has 4 rings (SSSR count). The number of benzene rings is 1. The van der Waals surface area contributed by atoms with Crippen LogP contribution in [0.1, 0.15) is 57.7 Å². The van der Waals surface area contributed by atoms with Crippen LogP contribution >= 0.6 is 11.8 Å². The van der Waals surface area contributed by atoms with Gasteiger partial charge in [0, 0.05) is 35.8 Å². The third-order valence-electron chi connectivity index (χ3n) is 6.06. The van der Waals surface area contributed by atoms with E-state index in [-0.39, 0.29) is 22.4 Å². The normalized spacial score (nSPS) is 17.2. The summed E-state index contributed by atoms with van der Waals surface area (Å²) in [5, 5.41) is 9.22. The van der Waals surface area contributed by atoms with Crippen LogP contribution in [0.5, 0.6) is 0 Å². The molecule has 7 heteroatoms. The number of allylic oxidation sites excluding steroid dienone is 2. The van der Waals surface area contributed by atoms with Gasteiger partial charge in [-0.2, -0.15) is 0 Å². The van der Waals surface area contributed by atoms with Crippen LogP contribution in [-0.2, 0) is 16.8 Å².